The van der Waals surface area contributed by atoms with Gasteiger partial charge in [0.15, 0.2) is 0 Å². The van der Waals surface area contributed by atoms with Gasteiger partial charge in [-0.3, -0.25) is 4.31 Å². The Morgan fingerprint density at radius 1 is 1.42 bits per heavy atom. The summed E-state index contributed by atoms with van der Waals surface area (Å²) in [5.74, 6) is 0. The van der Waals surface area contributed by atoms with Gasteiger partial charge in [-0.1, -0.05) is 6.08 Å². The predicted octanol–water partition coefficient (Wildman–Crippen LogP) is -1.33. The molecule has 0 amide bonds. The van der Waals surface area contributed by atoms with Crippen LogP contribution in [-0.4, -0.2) is 11.7 Å². The zero-order valence-corrected chi connectivity index (χ0v) is 9.26. The van der Waals surface area contributed by atoms with Gasteiger partial charge in [0.2, 0.25) is 0 Å². The Bertz CT molecular complexity index is 138. The Hall–Kier alpha value is 0.780. The summed E-state index contributed by atoms with van der Waals surface area (Å²) in [5, 5.41) is 7.76. The van der Waals surface area contributed by atoms with E-state index in [2.05, 4.69) is 10.9 Å². The minimum atomic E-state index is -3.51. The van der Waals surface area contributed by atoms with E-state index >= 15 is 0 Å². The molecular formula is C3H8AgO6P2. The van der Waals surface area contributed by atoms with Crippen LogP contribution in [0.4, 0.5) is 0 Å². The van der Waals surface area contributed by atoms with Gasteiger partial charge in [0.1, 0.15) is 16.5 Å². The Kier molecular flexibility index (Phi) is 22.1. The molecule has 1 radical (unpaired) electrons. The fourth-order valence-electron chi connectivity index (χ4n) is 0.0680. The summed E-state index contributed by atoms with van der Waals surface area (Å²) in [4.78, 5) is 18.6. The first kappa shape index (κ1) is 18.5. The molecule has 0 bridgehead atoms. The van der Waals surface area contributed by atoms with Crippen molar-refractivity contribution in [2.24, 2.45) is 0 Å². The summed E-state index contributed by atoms with van der Waals surface area (Å²) < 4.78 is 21.8. The van der Waals surface area contributed by atoms with Crippen LogP contribution in [0.2, 0.25) is 0 Å². The van der Waals surface area contributed by atoms with Crippen LogP contribution in [0.25, 0.3) is 0 Å². The number of hydrogen-bond donors (Lipinski definition) is 1. The van der Waals surface area contributed by atoms with E-state index in [1.54, 1.807) is 0 Å². The van der Waals surface area contributed by atoms with Crippen LogP contribution in [0, 0.1) is 0 Å². The molecule has 77 valence electrons. The van der Waals surface area contributed by atoms with E-state index in [9.17, 15) is 18.9 Å². The molecule has 0 heterocycles. The summed E-state index contributed by atoms with van der Waals surface area (Å²) >= 11 is 0. The molecule has 0 aromatic carbocycles. The SMILES string of the molecule is C=CCO.O=[PH]([O-])O[PH](=O)[O-].[Ag+2]. The minimum Gasteiger partial charge on any atom is -0.781 e. The van der Waals surface area contributed by atoms with Crippen LogP contribution >= 0.6 is 16.5 Å². The first-order valence-electron chi connectivity index (χ1n) is 2.36. The Morgan fingerprint density at radius 3 is 1.67 bits per heavy atom. The molecule has 9 heteroatoms. The monoisotopic (exact) mass is 309 g/mol. The molecule has 0 aliphatic carbocycles. The van der Waals surface area contributed by atoms with E-state index in [0.29, 0.717) is 0 Å². The van der Waals surface area contributed by atoms with Crippen LogP contribution in [-0.2, 0) is 35.8 Å². The second-order valence-electron chi connectivity index (χ2n) is 1.07. The van der Waals surface area contributed by atoms with Gasteiger partial charge >= 0.3 is 22.4 Å². The second kappa shape index (κ2) is 14.3. The predicted molar refractivity (Wildman–Crippen MR) is 36.4 cm³/mol. The standard InChI is InChI=1S/C3H6O.Ag.H4O5P2/c1-2-3-4;;1-6(2)5-7(3)4/h2,4H,1,3H2;;6-7H,(H,1,2)(H,3,4)/q;+2;/p-2. The Morgan fingerprint density at radius 2 is 1.67 bits per heavy atom. The summed E-state index contributed by atoms with van der Waals surface area (Å²) in [6.07, 6.45) is 1.43. The quantitative estimate of drug-likeness (QED) is 0.393. The molecule has 0 aromatic heterocycles. The third-order valence-corrected chi connectivity index (χ3v) is 1.63. The molecule has 0 saturated carbocycles. The van der Waals surface area contributed by atoms with E-state index in [4.69, 9.17) is 5.11 Å². The molecular weight excluding hydrogens is 302 g/mol. The fraction of sp³-hybridized carbons (Fsp3) is 0.333. The van der Waals surface area contributed by atoms with Crippen molar-refractivity contribution in [2.45, 2.75) is 0 Å². The first-order chi connectivity index (χ1) is 5.04. The maximum absolute atomic E-state index is 9.29. The molecule has 2 unspecified atom stereocenters. The zero-order chi connectivity index (χ0) is 9.28. The van der Waals surface area contributed by atoms with Gasteiger partial charge in [-0.15, -0.1) is 6.58 Å². The molecule has 0 fully saturated rings. The van der Waals surface area contributed by atoms with Crippen molar-refractivity contribution >= 4 is 16.5 Å². The van der Waals surface area contributed by atoms with Gasteiger partial charge < -0.3 is 24.0 Å². The van der Waals surface area contributed by atoms with Crippen LogP contribution in [0.15, 0.2) is 12.7 Å². The first-order valence-corrected chi connectivity index (χ1v) is 4.81. The van der Waals surface area contributed by atoms with E-state index in [1.807, 2.05) is 0 Å². The molecule has 0 aromatic rings. The van der Waals surface area contributed by atoms with E-state index in [0.717, 1.165) is 0 Å². The summed E-state index contributed by atoms with van der Waals surface area (Å²) in [5.41, 5.74) is 0. The third kappa shape index (κ3) is 30.9. The van der Waals surface area contributed by atoms with Crippen LogP contribution in [0.1, 0.15) is 0 Å². The van der Waals surface area contributed by atoms with Crippen molar-refractivity contribution < 1.29 is 50.7 Å². The van der Waals surface area contributed by atoms with Gasteiger partial charge in [-0.25, -0.2) is 0 Å². The van der Waals surface area contributed by atoms with Gasteiger partial charge in [-0.2, -0.15) is 0 Å². The van der Waals surface area contributed by atoms with E-state index in [1.165, 1.54) is 6.08 Å². The molecule has 0 saturated heterocycles. The average Bonchev–Trinajstić information content (AvgIpc) is 1.85. The van der Waals surface area contributed by atoms with Crippen LogP contribution in [0.3, 0.4) is 0 Å². The zero-order valence-electron chi connectivity index (χ0n) is 5.78. The van der Waals surface area contributed by atoms with Crippen molar-refractivity contribution in [1.82, 2.24) is 0 Å². The van der Waals surface area contributed by atoms with Gasteiger partial charge in [0.05, 0.1) is 6.61 Å². The summed E-state index contributed by atoms with van der Waals surface area (Å²) in [6.45, 7) is 3.31. The maximum Gasteiger partial charge on any atom is 2.00 e. The van der Waals surface area contributed by atoms with Gasteiger partial charge in [0, 0.05) is 0 Å². The molecule has 0 aliphatic heterocycles. The van der Waals surface area contributed by atoms with Crippen molar-refractivity contribution in [3.63, 3.8) is 0 Å². The Labute approximate surface area is 86.7 Å². The Balaban J connectivity index is -0.000000142. The average molecular weight is 310 g/mol. The maximum atomic E-state index is 9.29. The van der Waals surface area contributed by atoms with Crippen molar-refractivity contribution in [2.75, 3.05) is 6.61 Å². The minimum absolute atomic E-state index is 0. The van der Waals surface area contributed by atoms with Crippen molar-refractivity contribution in [3.05, 3.63) is 12.7 Å². The third-order valence-electron chi connectivity index (χ3n) is 0.296. The van der Waals surface area contributed by atoms with E-state index in [-0.39, 0.29) is 29.0 Å². The molecule has 12 heavy (non-hydrogen) atoms. The van der Waals surface area contributed by atoms with Crippen LogP contribution < -0.4 is 9.79 Å². The largest absolute Gasteiger partial charge is 2.00 e. The molecule has 0 aliphatic rings. The molecule has 2 atom stereocenters. The number of aliphatic hydroxyl groups is 1. The topological polar surface area (TPSA) is 110 Å². The molecule has 0 spiro atoms. The normalized spacial score (nSPS) is 12.9. The summed E-state index contributed by atoms with van der Waals surface area (Å²) in [6, 6.07) is 0. The molecule has 0 rings (SSSR count). The van der Waals surface area contributed by atoms with E-state index < -0.39 is 16.5 Å². The molecule has 6 nitrogen and oxygen atoms in total. The fourth-order valence-corrected chi connectivity index (χ4v) is 0.612. The number of aliphatic hydroxyl groups excluding tert-OH is 1. The van der Waals surface area contributed by atoms with Crippen molar-refractivity contribution in [1.29, 1.82) is 0 Å². The summed E-state index contributed by atoms with van der Waals surface area (Å²) in [7, 11) is -7.03. The van der Waals surface area contributed by atoms with Gasteiger partial charge in [0.25, 0.3) is 0 Å². The van der Waals surface area contributed by atoms with Crippen molar-refractivity contribution in [3.8, 4) is 0 Å². The number of rotatable bonds is 3. The number of hydrogen-bond acceptors (Lipinski definition) is 6. The van der Waals surface area contributed by atoms with Crippen LogP contribution in [0.5, 0.6) is 0 Å². The second-order valence-corrected chi connectivity index (χ2v) is 2.89. The van der Waals surface area contributed by atoms with Gasteiger partial charge in [-0.05, 0) is 0 Å². The smallest absolute Gasteiger partial charge is 0.781 e. The molecule has 1 N–H and O–H groups in total.